The Morgan fingerprint density at radius 2 is 2.00 bits per heavy atom. The topological polar surface area (TPSA) is 60.9 Å². The van der Waals surface area contributed by atoms with Gasteiger partial charge in [0.15, 0.2) is 5.82 Å². The minimum Gasteiger partial charge on any atom is -0.339 e. The van der Waals surface area contributed by atoms with Crippen molar-refractivity contribution in [1.29, 1.82) is 0 Å². The third kappa shape index (κ3) is 3.30. The average molecular weight is 327 g/mol. The lowest BCUT2D eigenvalue weighted by Crippen LogP contribution is -2.25. The van der Waals surface area contributed by atoms with E-state index < -0.39 is 17.3 Å². The summed E-state index contributed by atoms with van der Waals surface area (Å²) in [6.07, 6.45) is -0.285. The van der Waals surface area contributed by atoms with Gasteiger partial charge in [0.25, 0.3) is 5.56 Å². The van der Waals surface area contributed by atoms with Gasteiger partial charge in [-0.1, -0.05) is 18.0 Å². The van der Waals surface area contributed by atoms with E-state index in [0.29, 0.717) is 17.8 Å². The number of halogens is 3. The molecule has 0 amide bonds. The van der Waals surface area contributed by atoms with Crippen LogP contribution >= 0.6 is 0 Å². The van der Waals surface area contributed by atoms with Crippen molar-refractivity contribution in [2.24, 2.45) is 0 Å². The Morgan fingerprint density at radius 1 is 1.30 bits per heavy atom. The molecule has 23 heavy (non-hydrogen) atoms. The molecule has 3 rings (SSSR count). The molecule has 1 aliphatic rings. The van der Waals surface area contributed by atoms with Crippen LogP contribution < -0.4 is 5.56 Å². The Hall–Kier alpha value is -2.12. The second kappa shape index (κ2) is 5.82. The summed E-state index contributed by atoms with van der Waals surface area (Å²) in [5.41, 5.74) is -1.47. The fourth-order valence-corrected chi connectivity index (χ4v) is 2.91. The molecule has 124 valence electrons. The number of pyridine rings is 1. The molecule has 1 saturated carbocycles. The molecule has 0 aliphatic heterocycles. The van der Waals surface area contributed by atoms with Crippen LogP contribution in [0.25, 0.3) is 0 Å². The lowest BCUT2D eigenvalue weighted by molar-refractivity contribution is -0.137. The van der Waals surface area contributed by atoms with Gasteiger partial charge in [-0.2, -0.15) is 18.2 Å². The molecule has 0 spiro atoms. The number of aryl methyl sites for hydroxylation is 1. The molecule has 8 heteroatoms. The van der Waals surface area contributed by atoms with Crippen LogP contribution in [0.2, 0.25) is 0 Å². The van der Waals surface area contributed by atoms with Gasteiger partial charge in [-0.3, -0.25) is 4.79 Å². The Kier molecular flexibility index (Phi) is 3.99. The second-order valence-electron chi connectivity index (χ2n) is 5.84. The van der Waals surface area contributed by atoms with Crippen LogP contribution in [0.1, 0.15) is 54.6 Å². The van der Waals surface area contributed by atoms with Crippen LogP contribution in [-0.4, -0.2) is 14.7 Å². The molecule has 0 aromatic carbocycles. The van der Waals surface area contributed by atoms with Crippen molar-refractivity contribution < 1.29 is 17.7 Å². The fraction of sp³-hybridized carbons (Fsp3) is 0.533. The summed E-state index contributed by atoms with van der Waals surface area (Å²) in [6.45, 7) is 1.45. The summed E-state index contributed by atoms with van der Waals surface area (Å²) in [7, 11) is 0. The Balaban J connectivity index is 1.84. The Bertz CT molecular complexity index is 758. The van der Waals surface area contributed by atoms with Crippen LogP contribution in [0.4, 0.5) is 13.2 Å². The Morgan fingerprint density at radius 3 is 2.61 bits per heavy atom. The second-order valence-corrected chi connectivity index (χ2v) is 5.84. The molecule has 0 atom stereocenters. The molecule has 5 nitrogen and oxygen atoms in total. The van der Waals surface area contributed by atoms with Crippen molar-refractivity contribution >= 4 is 0 Å². The van der Waals surface area contributed by atoms with Crippen molar-refractivity contribution in [2.75, 3.05) is 0 Å². The van der Waals surface area contributed by atoms with Gasteiger partial charge in [0.2, 0.25) is 5.89 Å². The van der Waals surface area contributed by atoms with Crippen molar-refractivity contribution in [1.82, 2.24) is 14.7 Å². The maximum absolute atomic E-state index is 12.7. The van der Waals surface area contributed by atoms with E-state index in [1.54, 1.807) is 0 Å². The van der Waals surface area contributed by atoms with Crippen molar-refractivity contribution in [3.05, 3.63) is 45.5 Å². The number of rotatable bonds is 3. The number of hydrogen-bond donors (Lipinski definition) is 0. The zero-order valence-corrected chi connectivity index (χ0v) is 12.6. The zero-order valence-electron chi connectivity index (χ0n) is 12.6. The van der Waals surface area contributed by atoms with Crippen molar-refractivity contribution in [2.45, 2.75) is 51.2 Å². The first kappa shape index (κ1) is 15.8. The van der Waals surface area contributed by atoms with E-state index in [1.807, 2.05) is 0 Å². The first-order valence-corrected chi connectivity index (χ1v) is 7.46. The minimum absolute atomic E-state index is 0.000968. The SMILES string of the molecule is Cc1cc(C(F)(F)F)cc(=O)n1Cc1noc(C2CCCC2)n1. The summed E-state index contributed by atoms with van der Waals surface area (Å²) < 4.78 is 44.5. The largest absolute Gasteiger partial charge is 0.416 e. The number of alkyl halides is 3. The summed E-state index contributed by atoms with van der Waals surface area (Å²) in [6, 6.07) is 1.53. The van der Waals surface area contributed by atoms with Gasteiger partial charge in [0, 0.05) is 17.7 Å². The van der Waals surface area contributed by atoms with Gasteiger partial charge < -0.3 is 9.09 Å². The highest BCUT2D eigenvalue weighted by Gasteiger charge is 2.31. The molecule has 1 aliphatic carbocycles. The number of hydrogen-bond acceptors (Lipinski definition) is 4. The molecule has 1 fully saturated rings. The quantitative estimate of drug-likeness (QED) is 0.868. The lowest BCUT2D eigenvalue weighted by atomic mass is 10.1. The van der Waals surface area contributed by atoms with E-state index in [4.69, 9.17) is 4.52 Å². The summed E-state index contributed by atoms with van der Waals surface area (Å²) in [4.78, 5) is 16.2. The van der Waals surface area contributed by atoms with Crippen molar-refractivity contribution in [3.63, 3.8) is 0 Å². The van der Waals surface area contributed by atoms with Gasteiger partial charge in [0.05, 0.1) is 12.1 Å². The molecule has 0 unspecified atom stereocenters. The highest BCUT2D eigenvalue weighted by atomic mass is 19.4. The van der Waals surface area contributed by atoms with Gasteiger partial charge in [-0.25, -0.2) is 0 Å². The Labute approximate surface area is 130 Å². The van der Waals surface area contributed by atoms with Crippen molar-refractivity contribution in [3.8, 4) is 0 Å². The average Bonchev–Trinajstić information content (AvgIpc) is 3.12. The predicted octanol–water partition coefficient (Wildman–Crippen LogP) is 3.26. The fourth-order valence-electron chi connectivity index (χ4n) is 2.91. The van der Waals surface area contributed by atoms with E-state index in [1.165, 1.54) is 11.5 Å². The zero-order chi connectivity index (χ0) is 16.6. The van der Waals surface area contributed by atoms with E-state index in [9.17, 15) is 18.0 Å². The maximum atomic E-state index is 12.7. The summed E-state index contributed by atoms with van der Waals surface area (Å²) in [5, 5.41) is 3.84. The number of aromatic nitrogens is 3. The van der Waals surface area contributed by atoms with E-state index in [2.05, 4.69) is 10.1 Å². The smallest absolute Gasteiger partial charge is 0.339 e. The highest BCUT2D eigenvalue weighted by molar-refractivity contribution is 5.20. The highest BCUT2D eigenvalue weighted by Crippen LogP contribution is 2.33. The molecule has 0 saturated heterocycles. The monoisotopic (exact) mass is 327 g/mol. The normalized spacial score (nSPS) is 16.2. The lowest BCUT2D eigenvalue weighted by Gasteiger charge is -2.11. The predicted molar refractivity (Wildman–Crippen MR) is 75.1 cm³/mol. The molecular weight excluding hydrogens is 311 g/mol. The van der Waals surface area contributed by atoms with Gasteiger partial charge in [-0.05, 0) is 25.8 Å². The maximum Gasteiger partial charge on any atom is 0.416 e. The summed E-state index contributed by atoms with van der Waals surface area (Å²) in [5.74, 6) is 1.11. The third-order valence-corrected chi connectivity index (χ3v) is 4.15. The van der Waals surface area contributed by atoms with E-state index in [-0.39, 0.29) is 18.2 Å². The van der Waals surface area contributed by atoms with Gasteiger partial charge >= 0.3 is 6.18 Å². The third-order valence-electron chi connectivity index (χ3n) is 4.15. The molecule has 2 aromatic rings. The molecule has 0 N–H and O–H groups in total. The van der Waals surface area contributed by atoms with Crippen LogP contribution in [0.3, 0.4) is 0 Å². The van der Waals surface area contributed by atoms with E-state index in [0.717, 1.165) is 31.7 Å². The van der Waals surface area contributed by atoms with Crippen LogP contribution in [0.15, 0.2) is 21.5 Å². The molecular formula is C15H16F3N3O2. The van der Waals surface area contributed by atoms with Crippen LogP contribution in [0.5, 0.6) is 0 Å². The number of nitrogens with zero attached hydrogens (tertiary/aromatic N) is 3. The molecule has 0 bridgehead atoms. The van der Waals surface area contributed by atoms with Gasteiger partial charge in [-0.15, -0.1) is 0 Å². The first-order chi connectivity index (χ1) is 10.8. The first-order valence-electron chi connectivity index (χ1n) is 7.46. The molecule has 0 radical (unpaired) electrons. The van der Waals surface area contributed by atoms with Gasteiger partial charge in [0.1, 0.15) is 0 Å². The molecule has 2 aromatic heterocycles. The molecule has 2 heterocycles. The van der Waals surface area contributed by atoms with Crippen LogP contribution in [-0.2, 0) is 12.7 Å². The minimum atomic E-state index is -4.54. The van der Waals surface area contributed by atoms with E-state index >= 15 is 0 Å². The standard InChI is InChI=1S/C15H16F3N3O2/c1-9-6-11(15(16,17)18)7-13(22)21(9)8-12-19-14(23-20-12)10-4-2-3-5-10/h6-7,10H,2-5,8H2,1H3. The summed E-state index contributed by atoms with van der Waals surface area (Å²) >= 11 is 0. The van der Waals surface area contributed by atoms with Crippen LogP contribution in [0, 0.1) is 6.92 Å².